The van der Waals surface area contributed by atoms with Gasteiger partial charge < -0.3 is 0 Å². The van der Waals surface area contributed by atoms with Gasteiger partial charge in [0.05, 0.1) is 13.2 Å². The van der Waals surface area contributed by atoms with E-state index in [4.69, 9.17) is 13.6 Å². The fourth-order valence-electron chi connectivity index (χ4n) is 1.67. The maximum atomic E-state index is 11.8. The Bertz CT molecular complexity index is 238. The Kier molecular flexibility index (Phi) is 8.25. The first kappa shape index (κ1) is 17.1. The summed E-state index contributed by atoms with van der Waals surface area (Å²) in [4.78, 5) is 2.26. The Labute approximate surface area is 105 Å². The van der Waals surface area contributed by atoms with Crippen molar-refractivity contribution in [1.82, 2.24) is 4.90 Å². The van der Waals surface area contributed by atoms with Gasteiger partial charge in [0.2, 0.25) is 0 Å². The molecular formula is C11H26NO4P. The molecule has 0 spiro atoms. The molecule has 0 aliphatic heterocycles. The predicted molar refractivity (Wildman–Crippen MR) is 69.2 cm³/mol. The fourth-order valence-corrected chi connectivity index (χ4v) is 2.58. The molecule has 1 atom stereocenters. The predicted octanol–water partition coefficient (Wildman–Crippen LogP) is 2.91. The molecule has 0 aromatic rings. The minimum Gasteiger partial charge on any atom is -0.296 e. The van der Waals surface area contributed by atoms with E-state index in [1.54, 1.807) is 6.92 Å². The molecule has 5 nitrogen and oxygen atoms in total. The van der Waals surface area contributed by atoms with Crippen molar-refractivity contribution in [3.05, 3.63) is 0 Å². The highest BCUT2D eigenvalue weighted by Crippen LogP contribution is 2.48. The van der Waals surface area contributed by atoms with Crippen molar-refractivity contribution >= 4 is 7.82 Å². The quantitative estimate of drug-likeness (QED) is 0.601. The molecule has 104 valence electrons. The minimum absolute atomic E-state index is 0.309. The monoisotopic (exact) mass is 267 g/mol. The fraction of sp³-hybridized carbons (Fsp3) is 1.00. The molecular weight excluding hydrogens is 241 g/mol. The first-order valence-electron chi connectivity index (χ1n) is 6.07. The molecule has 0 fully saturated rings. The SMILES string of the molecule is CCOP(=O)(OC)OCCN(C(C)C)C(C)C. The lowest BCUT2D eigenvalue weighted by Gasteiger charge is -2.30. The Balaban J connectivity index is 4.15. The van der Waals surface area contributed by atoms with Crippen molar-refractivity contribution in [2.45, 2.75) is 46.7 Å². The Morgan fingerprint density at radius 2 is 1.65 bits per heavy atom. The summed E-state index contributed by atoms with van der Waals surface area (Å²) >= 11 is 0. The number of hydrogen-bond acceptors (Lipinski definition) is 5. The summed E-state index contributed by atoms with van der Waals surface area (Å²) in [6.45, 7) is 11.6. The lowest BCUT2D eigenvalue weighted by Crippen LogP contribution is -2.39. The van der Waals surface area contributed by atoms with Crippen LogP contribution in [0.4, 0.5) is 0 Å². The van der Waals surface area contributed by atoms with Crippen LogP contribution in [0.5, 0.6) is 0 Å². The summed E-state index contributed by atoms with van der Waals surface area (Å²) in [6.07, 6.45) is 0. The molecule has 0 N–H and O–H groups in total. The van der Waals surface area contributed by atoms with Crippen molar-refractivity contribution in [2.75, 3.05) is 26.9 Å². The van der Waals surface area contributed by atoms with E-state index in [1.807, 2.05) is 0 Å². The molecule has 0 aliphatic carbocycles. The van der Waals surface area contributed by atoms with Gasteiger partial charge in [0.15, 0.2) is 0 Å². The van der Waals surface area contributed by atoms with Gasteiger partial charge in [-0.05, 0) is 34.6 Å². The first-order chi connectivity index (χ1) is 7.86. The van der Waals surface area contributed by atoms with Gasteiger partial charge in [-0.1, -0.05) is 0 Å². The van der Waals surface area contributed by atoms with Crippen LogP contribution in [0.1, 0.15) is 34.6 Å². The van der Waals surface area contributed by atoms with Gasteiger partial charge in [-0.25, -0.2) is 4.57 Å². The second-order valence-electron chi connectivity index (χ2n) is 4.31. The van der Waals surface area contributed by atoms with Gasteiger partial charge in [-0.15, -0.1) is 0 Å². The number of nitrogens with zero attached hydrogens (tertiary/aromatic N) is 1. The zero-order valence-corrected chi connectivity index (χ0v) is 12.7. The lowest BCUT2D eigenvalue weighted by molar-refractivity contribution is 0.0999. The van der Waals surface area contributed by atoms with E-state index in [0.717, 1.165) is 0 Å². The molecule has 17 heavy (non-hydrogen) atoms. The van der Waals surface area contributed by atoms with Gasteiger partial charge in [0.25, 0.3) is 0 Å². The minimum atomic E-state index is -3.34. The van der Waals surface area contributed by atoms with Crippen molar-refractivity contribution in [3.63, 3.8) is 0 Å². The van der Waals surface area contributed by atoms with E-state index in [1.165, 1.54) is 7.11 Å². The van der Waals surface area contributed by atoms with Crippen LogP contribution in [0.2, 0.25) is 0 Å². The van der Waals surface area contributed by atoms with Crippen LogP contribution >= 0.6 is 7.82 Å². The number of rotatable bonds is 9. The third-order valence-corrected chi connectivity index (χ3v) is 3.96. The maximum absolute atomic E-state index is 11.8. The maximum Gasteiger partial charge on any atom is 0.474 e. The van der Waals surface area contributed by atoms with Gasteiger partial charge in [-0.3, -0.25) is 18.5 Å². The molecule has 0 aliphatic rings. The third kappa shape index (κ3) is 6.53. The molecule has 6 heteroatoms. The molecule has 0 heterocycles. The van der Waals surface area contributed by atoms with Gasteiger partial charge in [-0.2, -0.15) is 0 Å². The summed E-state index contributed by atoms with van der Waals surface area (Å²) in [6, 6.07) is 0.847. The van der Waals surface area contributed by atoms with Crippen LogP contribution < -0.4 is 0 Å². The molecule has 0 rings (SSSR count). The smallest absolute Gasteiger partial charge is 0.296 e. The number of phosphoric ester groups is 1. The van der Waals surface area contributed by atoms with Crippen LogP contribution in [0.3, 0.4) is 0 Å². The molecule has 0 bridgehead atoms. The first-order valence-corrected chi connectivity index (χ1v) is 7.53. The van der Waals surface area contributed by atoms with Crippen molar-refractivity contribution < 1.29 is 18.1 Å². The summed E-state index contributed by atoms with van der Waals surface area (Å²) < 4.78 is 26.8. The average molecular weight is 267 g/mol. The van der Waals surface area contributed by atoms with Gasteiger partial charge in [0.1, 0.15) is 0 Å². The Morgan fingerprint density at radius 1 is 1.12 bits per heavy atom. The van der Waals surface area contributed by atoms with Crippen LogP contribution in [0.15, 0.2) is 0 Å². The zero-order chi connectivity index (χ0) is 13.5. The highest BCUT2D eigenvalue weighted by molar-refractivity contribution is 7.48. The highest BCUT2D eigenvalue weighted by Gasteiger charge is 2.24. The summed E-state index contributed by atoms with van der Waals surface area (Å²) in [5.41, 5.74) is 0. The largest absolute Gasteiger partial charge is 0.474 e. The Morgan fingerprint density at radius 3 is 2.00 bits per heavy atom. The highest BCUT2D eigenvalue weighted by atomic mass is 31.2. The van der Waals surface area contributed by atoms with Crippen molar-refractivity contribution in [2.24, 2.45) is 0 Å². The van der Waals surface area contributed by atoms with Crippen LogP contribution in [-0.2, 0) is 18.1 Å². The molecule has 0 aromatic carbocycles. The standard InChI is InChI=1S/C11H26NO4P/c1-7-15-17(13,14-6)16-9-8-12(10(2)3)11(4)5/h10-11H,7-9H2,1-6H3. The third-order valence-electron chi connectivity index (χ3n) is 2.44. The molecule has 0 aromatic heterocycles. The Hall–Kier alpha value is 0.0700. The van der Waals surface area contributed by atoms with Crippen LogP contribution in [0.25, 0.3) is 0 Å². The second-order valence-corrected chi connectivity index (χ2v) is 6.08. The van der Waals surface area contributed by atoms with E-state index < -0.39 is 7.82 Å². The molecule has 0 radical (unpaired) electrons. The second kappa shape index (κ2) is 8.22. The van der Waals surface area contributed by atoms with E-state index in [2.05, 4.69) is 32.6 Å². The summed E-state index contributed by atoms with van der Waals surface area (Å²) in [7, 11) is -2.01. The average Bonchev–Trinajstić information content (AvgIpc) is 2.23. The molecule has 1 unspecified atom stereocenters. The van der Waals surface area contributed by atoms with E-state index >= 15 is 0 Å². The molecule has 0 saturated heterocycles. The van der Waals surface area contributed by atoms with Gasteiger partial charge in [0, 0.05) is 25.7 Å². The summed E-state index contributed by atoms with van der Waals surface area (Å²) in [5.74, 6) is 0. The van der Waals surface area contributed by atoms with Gasteiger partial charge >= 0.3 is 7.82 Å². The van der Waals surface area contributed by atoms with E-state index in [-0.39, 0.29) is 0 Å². The van der Waals surface area contributed by atoms with Crippen LogP contribution in [-0.4, -0.2) is 43.9 Å². The van der Waals surface area contributed by atoms with E-state index in [9.17, 15) is 4.57 Å². The number of phosphoric acid groups is 1. The topological polar surface area (TPSA) is 48.0 Å². The lowest BCUT2D eigenvalue weighted by atomic mass is 10.2. The molecule has 0 saturated carbocycles. The van der Waals surface area contributed by atoms with Crippen LogP contribution in [0, 0.1) is 0 Å². The van der Waals surface area contributed by atoms with E-state index in [0.29, 0.717) is 31.8 Å². The summed E-state index contributed by atoms with van der Waals surface area (Å²) in [5, 5.41) is 0. The van der Waals surface area contributed by atoms with Crippen molar-refractivity contribution in [1.29, 1.82) is 0 Å². The number of hydrogen-bond donors (Lipinski definition) is 0. The molecule has 0 amide bonds. The zero-order valence-electron chi connectivity index (χ0n) is 11.8. The van der Waals surface area contributed by atoms with Crippen molar-refractivity contribution in [3.8, 4) is 0 Å². The normalized spacial score (nSPS) is 15.8.